The molecule has 1 heterocycles. The summed E-state index contributed by atoms with van der Waals surface area (Å²) in [4.78, 5) is 69.6. The molecule has 0 bridgehead atoms. The number of nitrogens with zero attached hydrogens (tertiary/aromatic N) is 3. The zero-order chi connectivity index (χ0) is 35.0. The first-order valence-electron chi connectivity index (χ1n) is 13.3. The molecule has 1 aliphatic rings. The molecule has 0 unspecified atom stereocenters. The second-order valence-corrected chi connectivity index (χ2v) is 9.32. The van der Waals surface area contributed by atoms with Crippen LogP contribution in [0.25, 0.3) is 0 Å². The summed E-state index contributed by atoms with van der Waals surface area (Å²) in [5, 5.41) is 39.6. The Bertz CT molecular complexity index is 1450. The van der Waals surface area contributed by atoms with E-state index in [1.165, 1.54) is 48.5 Å². The largest absolute Gasteiger partial charge is 0.490 e. The van der Waals surface area contributed by atoms with Crippen molar-refractivity contribution in [1.82, 2.24) is 21.3 Å². The SMILES string of the molecule is O=C(CCCN/C(=N\C(=O)OCc1ccc([N+](=O)[O-])cc1)NC(=O)OCc1ccc([N+](=O)[O-])cc1)NC1CNC1.O=C(O)C(F)(F)F. The fraction of sp³-hybridized carbons (Fsp3) is 0.346. The molecule has 18 nitrogen and oxygen atoms in total. The first-order chi connectivity index (χ1) is 22.1. The number of aliphatic imine (C=N–C) groups is 1. The summed E-state index contributed by atoms with van der Waals surface area (Å²) in [5.41, 5.74) is 0.736. The van der Waals surface area contributed by atoms with Gasteiger partial charge in [0.15, 0.2) is 0 Å². The van der Waals surface area contributed by atoms with Crippen LogP contribution in [0.2, 0.25) is 0 Å². The van der Waals surface area contributed by atoms with E-state index in [1.807, 2.05) is 0 Å². The van der Waals surface area contributed by atoms with Crippen molar-refractivity contribution in [2.24, 2.45) is 4.99 Å². The van der Waals surface area contributed by atoms with Gasteiger partial charge >= 0.3 is 24.3 Å². The number of rotatable bonds is 11. The molecule has 0 saturated carbocycles. The van der Waals surface area contributed by atoms with Gasteiger partial charge in [-0.05, 0) is 41.8 Å². The number of non-ortho nitro benzene ring substituents is 2. The molecule has 2 aromatic carbocycles. The molecule has 2 aromatic rings. The van der Waals surface area contributed by atoms with Crippen LogP contribution < -0.4 is 21.3 Å². The van der Waals surface area contributed by atoms with Gasteiger partial charge in [-0.2, -0.15) is 13.2 Å². The number of hydrogen-bond acceptors (Lipinski definition) is 11. The zero-order valence-electron chi connectivity index (χ0n) is 24.2. The van der Waals surface area contributed by atoms with Crippen LogP contribution in [0.5, 0.6) is 0 Å². The number of benzene rings is 2. The number of guanidine groups is 1. The van der Waals surface area contributed by atoms with E-state index in [2.05, 4.69) is 26.3 Å². The summed E-state index contributed by atoms with van der Waals surface area (Å²) in [6.07, 6.45) is -6.55. The van der Waals surface area contributed by atoms with Crippen molar-refractivity contribution in [3.8, 4) is 0 Å². The summed E-state index contributed by atoms with van der Waals surface area (Å²) in [6, 6.07) is 10.9. The van der Waals surface area contributed by atoms with E-state index in [0.29, 0.717) is 30.6 Å². The van der Waals surface area contributed by atoms with Crippen molar-refractivity contribution in [3.05, 3.63) is 79.9 Å². The lowest BCUT2D eigenvalue weighted by atomic mass is 10.1. The number of carbonyl (C=O) groups excluding carboxylic acids is 3. The van der Waals surface area contributed by atoms with Gasteiger partial charge < -0.3 is 30.5 Å². The van der Waals surface area contributed by atoms with Gasteiger partial charge in [-0.15, -0.1) is 4.99 Å². The number of hydrogen-bond donors (Lipinski definition) is 5. The Kier molecular flexibility index (Phi) is 14.4. The molecule has 1 saturated heterocycles. The van der Waals surface area contributed by atoms with E-state index in [9.17, 15) is 47.8 Å². The number of nitro groups is 2. The molecule has 3 rings (SSSR count). The molecule has 0 radical (unpaired) electrons. The topological polar surface area (TPSA) is 254 Å². The van der Waals surface area contributed by atoms with Crippen molar-refractivity contribution in [1.29, 1.82) is 0 Å². The molecule has 1 aliphatic heterocycles. The lowest BCUT2D eigenvalue weighted by Crippen LogP contribution is -2.56. The number of ether oxygens (including phenoxy) is 2. The van der Waals surface area contributed by atoms with E-state index < -0.39 is 34.2 Å². The maximum absolute atomic E-state index is 12.3. The Morgan fingerprint density at radius 1 is 0.915 bits per heavy atom. The number of nitro benzene ring substituents is 2. The van der Waals surface area contributed by atoms with E-state index in [-0.39, 0.29) is 55.5 Å². The van der Waals surface area contributed by atoms with Gasteiger partial charge in [0.25, 0.3) is 11.4 Å². The maximum atomic E-state index is 12.3. The Morgan fingerprint density at radius 2 is 1.40 bits per heavy atom. The van der Waals surface area contributed by atoms with Gasteiger partial charge in [0.2, 0.25) is 11.9 Å². The predicted molar refractivity (Wildman–Crippen MR) is 153 cm³/mol. The Labute approximate surface area is 262 Å². The van der Waals surface area contributed by atoms with Crippen molar-refractivity contribution >= 4 is 41.4 Å². The standard InChI is InChI=1S/C24H27N7O9.C2HF3O2/c32-21(27-18-12-25-13-18)2-1-11-26-22(28-23(33)39-14-16-3-7-19(8-4-16)30(35)36)29-24(34)40-15-17-5-9-20(10-6-17)31(37)38;3-2(4,5)1(6)7/h3-10,18,25H,1-2,11-15H2,(H,27,32)(H2,26,28,29,33,34);(H,6,7). The monoisotopic (exact) mass is 671 g/mol. The predicted octanol–water partition coefficient (Wildman–Crippen LogP) is 2.51. The van der Waals surface area contributed by atoms with Gasteiger partial charge in [0.1, 0.15) is 13.2 Å². The molecule has 5 N–H and O–H groups in total. The van der Waals surface area contributed by atoms with Gasteiger partial charge in [0.05, 0.1) is 15.9 Å². The summed E-state index contributed by atoms with van der Waals surface area (Å²) in [6.45, 7) is 1.17. The Hall–Kier alpha value is -5.86. The average Bonchev–Trinajstić information content (AvgIpc) is 2.99. The number of alkyl halides is 3. The van der Waals surface area contributed by atoms with E-state index in [4.69, 9.17) is 19.4 Å². The van der Waals surface area contributed by atoms with Crippen molar-refractivity contribution < 1.29 is 56.8 Å². The summed E-state index contributed by atoms with van der Waals surface area (Å²) >= 11 is 0. The van der Waals surface area contributed by atoms with Gasteiger partial charge in [-0.25, -0.2) is 14.4 Å². The molecular formula is C26H28F3N7O11. The number of carbonyl (C=O) groups is 4. The Balaban J connectivity index is 0.000000984. The van der Waals surface area contributed by atoms with Gasteiger partial charge in [-0.1, -0.05) is 0 Å². The minimum Gasteiger partial charge on any atom is -0.475 e. The van der Waals surface area contributed by atoms with Crippen LogP contribution in [0.1, 0.15) is 24.0 Å². The number of aliphatic carboxylic acids is 1. The van der Waals surface area contributed by atoms with Crippen LogP contribution in [-0.4, -0.2) is 76.8 Å². The third-order valence-corrected chi connectivity index (χ3v) is 5.71. The number of carboxylic acids is 1. The molecule has 0 aliphatic carbocycles. The highest BCUT2D eigenvalue weighted by Crippen LogP contribution is 2.14. The normalized spacial score (nSPS) is 12.7. The number of halogens is 3. The van der Waals surface area contributed by atoms with Gasteiger partial charge in [0, 0.05) is 50.3 Å². The number of amides is 3. The first-order valence-corrected chi connectivity index (χ1v) is 13.3. The third-order valence-electron chi connectivity index (χ3n) is 5.71. The molecule has 254 valence electrons. The number of carboxylic acid groups (broad SMARTS) is 1. The fourth-order valence-electron chi connectivity index (χ4n) is 3.24. The summed E-state index contributed by atoms with van der Waals surface area (Å²) < 4.78 is 41.9. The lowest BCUT2D eigenvalue weighted by Gasteiger charge is -2.27. The molecule has 1 fully saturated rings. The molecule has 47 heavy (non-hydrogen) atoms. The number of nitrogens with one attached hydrogen (secondary N) is 4. The summed E-state index contributed by atoms with van der Waals surface area (Å²) in [5.74, 6) is -3.18. The van der Waals surface area contributed by atoms with Crippen LogP contribution in [-0.2, 0) is 32.3 Å². The second kappa shape index (κ2) is 18.2. The number of alkyl carbamates (subject to hydrolysis) is 1. The molecular weight excluding hydrogens is 643 g/mol. The molecule has 0 spiro atoms. The molecule has 0 aromatic heterocycles. The Morgan fingerprint density at radius 3 is 1.83 bits per heavy atom. The lowest BCUT2D eigenvalue weighted by molar-refractivity contribution is -0.385. The molecule has 0 atom stereocenters. The van der Waals surface area contributed by atoms with E-state index in [1.54, 1.807) is 0 Å². The van der Waals surface area contributed by atoms with Crippen LogP contribution in [0.4, 0.5) is 34.1 Å². The van der Waals surface area contributed by atoms with Crippen LogP contribution in [0.3, 0.4) is 0 Å². The fourth-order valence-corrected chi connectivity index (χ4v) is 3.24. The van der Waals surface area contributed by atoms with Crippen molar-refractivity contribution in [2.45, 2.75) is 38.3 Å². The maximum Gasteiger partial charge on any atom is 0.490 e. The summed E-state index contributed by atoms with van der Waals surface area (Å²) in [7, 11) is 0. The first kappa shape index (κ1) is 37.3. The van der Waals surface area contributed by atoms with E-state index in [0.717, 1.165) is 0 Å². The average molecular weight is 672 g/mol. The second-order valence-electron chi connectivity index (χ2n) is 9.32. The van der Waals surface area contributed by atoms with Crippen LogP contribution in [0, 0.1) is 20.2 Å². The molecule has 21 heteroatoms. The minimum absolute atomic E-state index is 0.107. The smallest absolute Gasteiger partial charge is 0.475 e. The van der Waals surface area contributed by atoms with Crippen molar-refractivity contribution in [2.75, 3.05) is 19.6 Å². The highest BCUT2D eigenvalue weighted by atomic mass is 19.4. The van der Waals surface area contributed by atoms with Crippen LogP contribution >= 0.6 is 0 Å². The van der Waals surface area contributed by atoms with E-state index >= 15 is 0 Å². The molecule has 3 amide bonds. The zero-order valence-corrected chi connectivity index (χ0v) is 24.2. The van der Waals surface area contributed by atoms with Gasteiger partial charge in [-0.3, -0.25) is 30.3 Å². The highest BCUT2D eigenvalue weighted by molar-refractivity contribution is 5.98. The quantitative estimate of drug-likeness (QED) is 0.0758. The highest BCUT2D eigenvalue weighted by Gasteiger charge is 2.38. The van der Waals surface area contributed by atoms with Crippen molar-refractivity contribution in [3.63, 3.8) is 0 Å². The third kappa shape index (κ3) is 14.6. The minimum atomic E-state index is -5.08. The van der Waals surface area contributed by atoms with Crippen LogP contribution in [0.15, 0.2) is 53.5 Å².